The average Bonchev–Trinajstić information content (AvgIpc) is 3.04. The lowest BCUT2D eigenvalue weighted by atomic mass is 10.2. The highest BCUT2D eigenvalue weighted by molar-refractivity contribution is 5.88. The summed E-state index contributed by atoms with van der Waals surface area (Å²) in [5, 5.41) is 10.1. The fourth-order valence-electron chi connectivity index (χ4n) is 2.34. The molecule has 0 radical (unpaired) electrons. The van der Waals surface area contributed by atoms with Crippen molar-refractivity contribution in [2.45, 2.75) is 13.0 Å². The number of nitrogens with one attached hydrogen (secondary N) is 1. The van der Waals surface area contributed by atoms with Crippen molar-refractivity contribution in [1.82, 2.24) is 29.9 Å². The van der Waals surface area contributed by atoms with E-state index in [1.165, 1.54) is 24.9 Å². The van der Waals surface area contributed by atoms with Gasteiger partial charge in [-0.2, -0.15) is 4.39 Å². The van der Waals surface area contributed by atoms with Crippen LogP contribution in [0.15, 0.2) is 24.7 Å². The molecule has 3 rings (SSSR count). The van der Waals surface area contributed by atoms with E-state index in [2.05, 4.69) is 35.3 Å². The molecular formula is C16H14F2N8O4. The first-order valence-electron chi connectivity index (χ1n) is 8.22. The number of aromatic nitrogens is 6. The number of primary amides is 1. The summed E-state index contributed by atoms with van der Waals surface area (Å²) in [5.74, 6) is -1.79. The van der Waals surface area contributed by atoms with Crippen LogP contribution in [0.1, 0.15) is 18.6 Å². The molecule has 0 spiro atoms. The van der Waals surface area contributed by atoms with Crippen molar-refractivity contribution in [1.29, 1.82) is 0 Å². The zero-order chi connectivity index (χ0) is 21.8. The lowest BCUT2D eigenvalue weighted by Crippen LogP contribution is -2.19. The molecule has 14 heteroatoms. The molecule has 3 N–H and O–H groups in total. The molecule has 2 amide bonds. The Hall–Kier alpha value is -4.23. The summed E-state index contributed by atoms with van der Waals surface area (Å²) in [6.45, 7) is 1.35. The van der Waals surface area contributed by atoms with Crippen molar-refractivity contribution >= 4 is 18.0 Å². The third-order valence-corrected chi connectivity index (χ3v) is 3.68. The van der Waals surface area contributed by atoms with Crippen LogP contribution in [0.4, 0.5) is 24.2 Å². The van der Waals surface area contributed by atoms with E-state index in [0.717, 1.165) is 12.3 Å². The fraction of sp³-hybridized carbons (Fsp3) is 0.188. The summed E-state index contributed by atoms with van der Waals surface area (Å²) in [7, 11) is 1.49. The molecule has 1 atom stereocenters. The number of carbonyl (C=O) groups is 2. The number of nitrogens with two attached hydrogens (primary N) is 1. The van der Waals surface area contributed by atoms with Crippen LogP contribution in [0, 0.1) is 11.8 Å². The van der Waals surface area contributed by atoms with Crippen molar-refractivity contribution in [3.63, 3.8) is 0 Å². The van der Waals surface area contributed by atoms with Gasteiger partial charge in [0.25, 0.3) is 0 Å². The van der Waals surface area contributed by atoms with E-state index in [4.69, 9.17) is 10.5 Å². The summed E-state index contributed by atoms with van der Waals surface area (Å²) in [6.07, 6.45) is -0.128. The molecule has 12 nitrogen and oxygen atoms in total. The fourth-order valence-corrected chi connectivity index (χ4v) is 2.34. The van der Waals surface area contributed by atoms with E-state index in [0.29, 0.717) is 6.20 Å². The highest BCUT2D eigenvalue weighted by Crippen LogP contribution is 2.25. The third-order valence-electron chi connectivity index (χ3n) is 3.68. The minimum atomic E-state index is -1.14. The van der Waals surface area contributed by atoms with Gasteiger partial charge in [-0.3, -0.25) is 5.32 Å². The molecule has 0 aliphatic rings. The van der Waals surface area contributed by atoms with Gasteiger partial charge in [-0.1, -0.05) is 5.21 Å². The molecule has 30 heavy (non-hydrogen) atoms. The predicted octanol–water partition coefficient (Wildman–Crippen LogP) is 1.71. The van der Waals surface area contributed by atoms with Crippen molar-refractivity contribution in [3.8, 4) is 17.3 Å². The highest BCUT2D eigenvalue weighted by atomic mass is 19.1. The number of hydrogen-bond donors (Lipinski definition) is 2. The van der Waals surface area contributed by atoms with Crippen LogP contribution in [0.3, 0.4) is 0 Å². The zero-order valence-corrected chi connectivity index (χ0v) is 15.5. The number of halogens is 2. The summed E-state index contributed by atoms with van der Waals surface area (Å²) in [4.78, 5) is 34.1. The van der Waals surface area contributed by atoms with E-state index in [-0.39, 0.29) is 28.6 Å². The van der Waals surface area contributed by atoms with Gasteiger partial charge >= 0.3 is 12.2 Å². The van der Waals surface area contributed by atoms with Gasteiger partial charge in [-0.05, 0) is 13.0 Å². The van der Waals surface area contributed by atoms with Gasteiger partial charge in [0.05, 0.1) is 24.2 Å². The molecule has 0 bridgehead atoms. The molecule has 0 fully saturated rings. The van der Waals surface area contributed by atoms with Gasteiger partial charge in [0.15, 0.2) is 11.5 Å². The number of pyridine rings is 1. The summed E-state index contributed by atoms with van der Waals surface area (Å²) in [6, 6.07) is 0.878. The zero-order valence-electron chi connectivity index (χ0n) is 15.5. The SMILES string of the molecule is CC(OC(=O)Nc1c(-c2cnc(OC(N)=O)cn2)nnn1C)c1cc(F)cnc1F. The standard InChI is InChI=1S/C16H14F2N8O4/c1-7(9-3-8(17)4-22-13(9)18)29-16(28)23-14-12(24-25-26(14)2)10-5-21-11(6-20-10)30-15(19)27/h3-7H,1-2H3,(H2,19,27)(H,23,28). The number of ether oxygens (including phenoxy) is 2. The normalized spacial score (nSPS) is 11.6. The van der Waals surface area contributed by atoms with E-state index in [9.17, 15) is 18.4 Å². The van der Waals surface area contributed by atoms with Crippen LogP contribution in [0.5, 0.6) is 5.88 Å². The smallest absolute Gasteiger partial charge is 0.413 e. The van der Waals surface area contributed by atoms with Crippen LogP contribution in [-0.2, 0) is 11.8 Å². The lowest BCUT2D eigenvalue weighted by molar-refractivity contribution is 0.118. The molecule has 0 aliphatic carbocycles. The molecule has 0 aliphatic heterocycles. The van der Waals surface area contributed by atoms with Crippen LogP contribution < -0.4 is 15.8 Å². The van der Waals surface area contributed by atoms with Crippen LogP contribution in [-0.4, -0.2) is 42.1 Å². The number of amides is 2. The van der Waals surface area contributed by atoms with Crippen molar-refractivity contribution < 1.29 is 27.8 Å². The average molecular weight is 420 g/mol. The molecule has 0 saturated carbocycles. The molecule has 156 valence electrons. The Kier molecular flexibility index (Phi) is 5.75. The number of anilines is 1. The number of aryl methyl sites for hydroxylation is 1. The molecule has 1 unspecified atom stereocenters. The lowest BCUT2D eigenvalue weighted by Gasteiger charge is -2.14. The van der Waals surface area contributed by atoms with Crippen molar-refractivity contribution in [3.05, 3.63) is 42.0 Å². The first-order chi connectivity index (χ1) is 14.2. The predicted molar refractivity (Wildman–Crippen MR) is 94.9 cm³/mol. The molecular weight excluding hydrogens is 406 g/mol. The molecule has 0 saturated heterocycles. The number of nitrogens with zero attached hydrogens (tertiary/aromatic N) is 6. The van der Waals surface area contributed by atoms with Gasteiger partial charge in [0, 0.05) is 7.05 Å². The van der Waals surface area contributed by atoms with Gasteiger partial charge in [-0.15, -0.1) is 5.10 Å². The number of hydrogen-bond acceptors (Lipinski definition) is 9. The van der Waals surface area contributed by atoms with E-state index in [1.54, 1.807) is 0 Å². The van der Waals surface area contributed by atoms with E-state index < -0.39 is 30.1 Å². The maximum Gasteiger partial charge on any atom is 0.413 e. The molecule has 3 heterocycles. The maximum atomic E-state index is 13.7. The van der Waals surface area contributed by atoms with Gasteiger partial charge < -0.3 is 15.2 Å². The summed E-state index contributed by atoms with van der Waals surface area (Å²) < 4.78 is 37.9. The summed E-state index contributed by atoms with van der Waals surface area (Å²) >= 11 is 0. The first-order valence-corrected chi connectivity index (χ1v) is 8.22. The van der Waals surface area contributed by atoms with E-state index >= 15 is 0 Å². The maximum absolute atomic E-state index is 13.7. The largest absolute Gasteiger partial charge is 0.441 e. The van der Waals surface area contributed by atoms with Crippen molar-refractivity contribution in [2.75, 3.05) is 5.32 Å². The van der Waals surface area contributed by atoms with Crippen LogP contribution in [0.25, 0.3) is 11.4 Å². The Bertz CT molecular complexity index is 1090. The quantitative estimate of drug-likeness (QED) is 0.586. The molecule has 0 aromatic carbocycles. The molecule has 3 aromatic heterocycles. The Labute approximate surface area is 167 Å². The van der Waals surface area contributed by atoms with Crippen LogP contribution >= 0.6 is 0 Å². The topological polar surface area (TPSA) is 160 Å². The van der Waals surface area contributed by atoms with Crippen molar-refractivity contribution in [2.24, 2.45) is 12.8 Å². The first kappa shape index (κ1) is 20.5. The third kappa shape index (κ3) is 4.60. The Balaban J connectivity index is 1.75. The summed E-state index contributed by atoms with van der Waals surface area (Å²) in [5.41, 5.74) is 4.97. The monoisotopic (exact) mass is 420 g/mol. The highest BCUT2D eigenvalue weighted by Gasteiger charge is 2.21. The van der Waals surface area contributed by atoms with Crippen LogP contribution in [0.2, 0.25) is 0 Å². The second kappa shape index (κ2) is 8.42. The Morgan fingerprint density at radius 2 is 1.97 bits per heavy atom. The molecule has 3 aromatic rings. The Morgan fingerprint density at radius 3 is 2.63 bits per heavy atom. The number of carbonyl (C=O) groups excluding carboxylic acids is 2. The minimum absolute atomic E-state index is 0.0860. The van der Waals surface area contributed by atoms with E-state index in [1.807, 2.05) is 0 Å². The van der Waals surface area contributed by atoms with Gasteiger partial charge in [-0.25, -0.2) is 33.6 Å². The van der Waals surface area contributed by atoms with Gasteiger partial charge in [0.2, 0.25) is 11.8 Å². The van der Waals surface area contributed by atoms with Gasteiger partial charge in [0.1, 0.15) is 17.6 Å². The second-order valence-corrected chi connectivity index (χ2v) is 5.78. The second-order valence-electron chi connectivity index (χ2n) is 5.78. The minimum Gasteiger partial charge on any atom is -0.441 e. The Morgan fingerprint density at radius 1 is 1.20 bits per heavy atom. The number of rotatable bonds is 5.